The largest absolute Gasteiger partial charge is 0.342 e. The van der Waals surface area contributed by atoms with Crippen LogP contribution in [0, 0.1) is 11.3 Å². The van der Waals surface area contributed by atoms with Crippen molar-refractivity contribution in [2.24, 2.45) is 11.3 Å². The van der Waals surface area contributed by atoms with Gasteiger partial charge in [0.05, 0.1) is 5.41 Å². The van der Waals surface area contributed by atoms with Gasteiger partial charge in [0.15, 0.2) is 0 Å². The molecule has 1 atom stereocenters. The first-order chi connectivity index (χ1) is 10.0. The zero-order chi connectivity index (χ0) is 15.9. The van der Waals surface area contributed by atoms with Gasteiger partial charge in [-0.3, -0.25) is 4.79 Å². The van der Waals surface area contributed by atoms with Crippen LogP contribution in [0.25, 0.3) is 0 Å². The molecule has 4 nitrogen and oxygen atoms in total. The third kappa shape index (κ3) is 4.43. The Morgan fingerprint density at radius 1 is 1.14 bits per heavy atom. The van der Waals surface area contributed by atoms with Crippen LogP contribution in [0.15, 0.2) is 0 Å². The molecule has 0 bridgehead atoms. The van der Waals surface area contributed by atoms with Gasteiger partial charge in [0.1, 0.15) is 0 Å². The third-order valence-corrected chi connectivity index (χ3v) is 5.19. The van der Waals surface area contributed by atoms with E-state index in [-0.39, 0.29) is 5.41 Å². The molecule has 1 aliphatic rings. The van der Waals surface area contributed by atoms with Crippen molar-refractivity contribution in [3.8, 4) is 0 Å². The maximum Gasteiger partial charge on any atom is 0.230 e. The molecule has 0 aromatic heterocycles. The van der Waals surface area contributed by atoms with Crippen molar-refractivity contribution in [2.45, 2.75) is 47.5 Å². The predicted molar refractivity (Wildman–Crippen MR) is 89.4 cm³/mol. The summed E-state index contributed by atoms with van der Waals surface area (Å²) in [5, 5.41) is 3.39. The lowest BCUT2D eigenvalue weighted by atomic mass is 9.75. The van der Waals surface area contributed by atoms with Gasteiger partial charge >= 0.3 is 0 Å². The molecule has 1 rings (SSSR count). The highest BCUT2D eigenvalue weighted by Gasteiger charge is 2.45. The van der Waals surface area contributed by atoms with Gasteiger partial charge < -0.3 is 15.1 Å². The minimum Gasteiger partial charge on any atom is -0.342 e. The van der Waals surface area contributed by atoms with Crippen LogP contribution in [-0.2, 0) is 4.79 Å². The second-order valence-corrected chi connectivity index (χ2v) is 6.50. The molecule has 1 N–H and O–H groups in total. The Balaban J connectivity index is 2.60. The van der Waals surface area contributed by atoms with Crippen LogP contribution in [0.1, 0.15) is 47.5 Å². The molecule has 1 saturated heterocycles. The zero-order valence-corrected chi connectivity index (χ0v) is 14.7. The number of rotatable bonds is 9. The van der Waals surface area contributed by atoms with Crippen LogP contribution in [0.3, 0.4) is 0 Å². The Morgan fingerprint density at radius 3 is 2.24 bits per heavy atom. The Kier molecular flexibility index (Phi) is 7.67. The fourth-order valence-corrected chi connectivity index (χ4v) is 3.38. The summed E-state index contributed by atoms with van der Waals surface area (Å²) in [4.78, 5) is 17.5. The summed E-state index contributed by atoms with van der Waals surface area (Å²) in [7, 11) is 0. The zero-order valence-electron chi connectivity index (χ0n) is 14.7. The van der Waals surface area contributed by atoms with Gasteiger partial charge in [-0.05, 0) is 51.9 Å². The molecular weight excluding hydrogens is 262 g/mol. The summed E-state index contributed by atoms with van der Waals surface area (Å²) in [5.41, 5.74) is -0.175. The van der Waals surface area contributed by atoms with Crippen molar-refractivity contribution in [3.63, 3.8) is 0 Å². The first-order valence-corrected chi connectivity index (χ1v) is 8.74. The van der Waals surface area contributed by atoms with Gasteiger partial charge in [0, 0.05) is 19.6 Å². The molecule has 21 heavy (non-hydrogen) atoms. The molecule has 0 aromatic rings. The molecule has 0 aliphatic carbocycles. The van der Waals surface area contributed by atoms with E-state index in [1.54, 1.807) is 0 Å². The van der Waals surface area contributed by atoms with Gasteiger partial charge in [0.25, 0.3) is 0 Å². The predicted octanol–water partition coefficient (Wildman–Crippen LogP) is 2.20. The highest BCUT2D eigenvalue weighted by molar-refractivity contribution is 5.83. The minimum absolute atomic E-state index is 0.175. The molecule has 4 heteroatoms. The third-order valence-electron chi connectivity index (χ3n) is 5.19. The van der Waals surface area contributed by atoms with Crippen molar-refractivity contribution >= 4 is 5.91 Å². The van der Waals surface area contributed by atoms with E-state index in [9.17, 15) is 4.79 Å². The van der Waals surface area contributed by atoms with Crippen molar-refractivity contribution in [1.29, 1.82) is 0 Å². The molecule has 1 amide bonds. The fourth-order valence-electron chi connectivity index (χ4n) is 3.38. The van der Waals surface area contributed by atoms with Crippen molar-refractivity contribution < 1.29 is 4.79 Å². The molecule has 1 fully saturated rings. The topological polar surface area (TPSA) is 35.6 Å². The summed E-state index contributed by atoms with van der Waals surface area (Å²) < 4.78 is 0. The normalized spacial score (nSPS) is 22.2. The Morgan fingerprint density at radius 2 is 1.81 bits per heavy atom. The molecule has 1 aliphatic heterocycles. The number of nitrogens with zero attached hydrogens (tertiary/aromatic N) is 2. The van der Waals surface area contributed by atoms with Crippen LogP contribution in [0.4, 0.5) is 0 Å². The Hall–Kier alpha value is -0.610. The van der Waals surface area contributed by atoms with Crippen LogP contribution in [0.2, 0.25) is 0 Å². The van der Waals surface area contributed by atoms with Gasteiger partial charge in [-0.1, -0.05) is 27.7 Å². The van der Waals surface area contributed by atoms with Crippen molar-refractivity contribution in [1.82, 2.24) is 15.1 Å². The fraction of sp³-hybridized carbons (Fsp3) is 0.941. The molecule has 0 aromatic carbocycles. The van der Waals surface area contributed by atoms with E-state index in [0.717, 1.165) is 58.7 Å². The standard InChI is InChI=1S/C17H35N3O/c1-6-19(7-2)12-9-13-20(8-3)16(21)17(15(4)5)10-11-18-14-17/h15,18H,6-14H2,1-5H3. The first-order valence-electron chi connectivity index (χ1n) is 8.74. The van der Waals surface area contributed by atoms with Gasteiger partial charge in [0.2, 0.25) is 5.91 Å². The second-order valence-electron chi connectivity index (χ2n) is 6.50. The summed E-state index contributed by atoms with van der Waals surface area (Å²) in [6.45, 7) is 17.7. The quantitative estimate of drug-likeness (QED) is 0.709. The molecule has 0 saturated carbocycles. The van der Waals surface area contributed by atoms with Crippen LogP contribution in [0.5, 0.6) is 0 Å². The average molecular weight is 297 g/mol. The van der Waals surface area contributed by atoms with Gasteiger partial charge in [-0.2, -0.15) is 0 Å². The lowest BCUT2D eigenvalue weighted by Crippen LogP contribution is -2.48. The van der Waals surface area contributed by atoms with Gasteiger partial charge in [-0.25, -0.2) is 0 Å². The first kappa shape index (κ1) is 18.4. The van der Waals surface area contributed by atoms with E-state index in [1.807, 2.05) is 0 Å². The molecule has 124 valence electrons. The lowest BCUT2D eigenvalue weighted by Gasteiger charge is -2.36. The summed E-state index contributed by atoms with van der Waals surface area (Å²) >= 11 is 0. The van der Waals surface area contributed by atoms with Crippen LogP contribution in [-0.4, -0.2) is 61.5 Å². The number of nitrogens with one attached hydrogen (secondary N) is 1. The maximum absolute atomic E-state index is 13.0. The highest BCUT2D eigenvalue weighted by atomic mass is 16.2. The highest BCUT2D eigenvalue weighted by Crippen LogP contribution is 2.36. The summed E-state index contributed by atoms with van der Waals surface area (Å²) in [6.07, 6.45) is 2.05. The monoisotopic (exact) mass is 297 g/mol. The molecular formula is C17H35N3O. The molecule has 0 radical (unpaired) electrons. The van der Waals surface area contributed by atoms with E-state index < -0.39 is 0 Å². The average Bonchev–Trinajstić information content (AvgIpc) is 2.98. The van der Waals surface area contributed by atoms with Crippen molar-refractivity contribution in [3.05, 3.63) is 0 Å². The van der Waals surface area contributed by atoms with E-state index in [1.165, 1.54) is 0 Å². The smallest absolute Gasteiger partial charge is 0.230 e. The summed E-state index contributed by atoms with van der Waals surface area (Å²) in [6, 6.07) is 0. The number of carbonyl (C=O) groups is 1. The van der Waals surface area contributed by atoms with Crippen LogP contribution < -0.4 is 5.32 Å². The van der Waals surface area contributed by atoms with E-state index in [4.69, 9.17) is 0 Å². The number of hydrogen-bond donors (Lipinski definition) is 1. The van der Waals surface area contributed by atoms with E-state index >= 15 is 0 Å². The van der Waals surface area contributed by atoms with Crippen molar-refractivity contribution in [2.75, 3.05) is 45.8 Å². The van der Waals surface area contributed by atoms with Crippen LogP contribution >= 0.6 is 0 Å². The SMILES string of the molecule is CCN(CC)CCCN(CC)C(=O)C1(C(C)C)CCNC1. The molecule has 1 heterocycles. The van der Waals surface area contributed by atoms with Gasteiger partial charge in [-0.15, -0.1) is 0 Å². The minimum atomic E-state index is -0.175. The number of hydrogen-bond acceptors (Lipinski definition) is 3. The Labute approximate surface area is 131 Å². The molecule has 0 spiro atoms. The van der Waals surface area contributed by atoms with E-state index in [2.05, 4.69) is 49.7 Å². The summed E-state index contributed by atoms with van der Waals surface area (Å²) in [5.74, 6) is 0.765. The Bertz CT molecular complexity index is 307. The number of carbonyl (C=O) groups excluding carboxylic acids is 1. The lowest BCUT2D eigenvalue weighted by molar-refractivity contribution is -0.143. The van der Waals surface area contributed by atoms with E-state index in [0.29, 0.717) is 11.8 Å². The maximum atomic E-state index is 13.0. The number of amides is 1. The second kappa shape index (κ2) is 8.74. The molecule has 1 unspecified atom stereocenters.